The number of carboxylic acids is 1. The van der Waals surface area contributed by atoms with Crippen LogP contribution in [0.3, 0.4) is 0 Å². The lowest BCUT2D eigenvalue weighted by atomic mass is 10.00. The second-order valence-electron chi connectivity index (χ2n) is 4.64. The first-order valence-corrected chi connectivity index (χ1v) is 5.30. The van der Waals surface area contributed by atoms with Gasteiger partial charge in [0.05, 0.1) is 12.1 Å². The molecule has 0 aliphatic carbocycles. The van der Waals surface area contributed by atoms with E-state index in [2.05, 4.69) is 5.32 Å². The van der Waals surface area contributed by atoms with Gasteiger partial charge < -0.3 is 16.2 Å². The Morgan fingerprint density at radius 2 is 2.06 bits per heavy atom. The molecule has 0 radical (unpaired) electrons. The van der Waals surface area contributed by atoms with Gasteiger partial charge in [0.1, 0.15) is 5.82 Å². The van der Waals surface area contributed by atoms with E-state index < -0.39 is 23.2 Å². The molecule has 18 heavy (non-hydrogen) atoms. The number of anilines is 1. The highest BCUT2D eigenvalue weighted by atomic mass is 19.1. The zero-order valence-corrected chi connectivity index (χ0v) is 10.2. The number of nitrogen functional groups attached to an aromatic ring is 1. The quantitative estimate of drug-likeness (QED) is 0.708. The number of nitrogens with two attached hydrogens (primary N) is 1. The van der Waals surface area contributed by atoms with E-state index in [1.54, 1.807) is 13.8 Å². The summed E-state index contributed by atoms with van der Waals surface area (Å²) in [5, 5.41) is 11.2. The maximum atomic E-state index is 13.2. The molecule has 1 aromatic carbocycles. The van der Waals surface area contributed by atoms with Gasteiger partial charge in [-0.05, 0) is 32.0 Å². The molecular weight excluding hydrogens is 239 g/mol. The Hall–Kier alpha value is -2.11. The molecule has 1 aromatic rings. The van der Waals surface area contributed by atoms with Gasteiger partial charge in [0.25, 0.3) is 5.91 Å². The minimum atomic E-state index is -1.02. The van der Waals surface area contributed by atoms with Crippen molar-refractivity contribution in [2.45, 2.75) is 25.8 Å². The molecule has 0 bridgehead atoms. The highest BCUT2D eigenvalue weighted by Crippen LogP contribution is 2.14. The van der Waals surface area contributed by atoms with Crippen LogP contribution in [0.1, 0.15) is 30.6 Å². The summed E-state index contributed by atoms with van der Waals surface area (Å²) in [6.07, 6.45) is -0.226. The number of rotatable bonds is 4. The van der Waals surface area contributed by atoms with Gasteiger partial charge in [0, 0.05) is 11.1 Å². The van der Waals surface area contributed by atoms with Gasteiger partial charge in [-0.3, -0.25) is 9.59 Å². The molecule has 0 aromatic heterocycles. The first kappa shape index (κ1) is 14.0. The van der Waals surface area contributed by atoms with E-state index in [9.17, 15) is 14.0 Å². The molecule has 6 heteroatoms. The third kappa shape index (κ3) is 3.73. The number of aliphatic carboxylic acids is 1. The molecule has 0 fully saturated rings. The second-order valence-corrected chi connectivity index (χ2v) is 4.64. The molecule has 0 aliphatic rings. The predicted molar refractivity (Wildman–Crippen MR) is 64.6 cm³/mol. The molecular formula is C12H15FN2O3. The van der Waals surface area contributed by atoms with Crippen LogP contribution < -0.4 is 11.1 Å². The summed E-state index contributed by atoms with van der Waals surface area (Å²) in [5.41, 5.74) is 4.43. The lowest BCUT2D eigenvalue weighted by Crippen LogP contribution is -2.44. The number of hydrogen-bond acceptors (Lipinski definition) is 3. The minimum absolute atomic E-state index is 0.0450. The molecule has 1 amide bonds. The number of carboxylic acid groups (broad SMARTS) is 1. The van der Waals surface area contributed by atoms with Gasteiger partial charge in [-0.2, -0.15) is 0 Å². The Kier molecular flexibility index (Phi) is 3.90. The van der Waals surface area contributed by atoms with E-state index in [0.29, 0.717) is 0 Å². The van der Waals surface area contributed by atoms with Crippen LogP contribution in [0.15, 0.2) is 18.2 Å². The normalized spacial score (nSPS) is 11.1. The number of benzene rings is 1. The first-order chi connectivity index (χ1) is 8.21. The summed E-state index contributed by atoms with van der Waals surface area (Å²) < 4.78 is 13.2. The highest BCUT2D eigenvalue weighted by molar-refractivity contribution is 5.95. The summed E-state index contributed by atoms with van der Waals surface area (Å²) in [4.78, 5) is 22.4. The molecule has 4 N–H and O–H groups in total. The Morgan fingerprint density at radius 3 is 2.56 bits per heavy atom. The topological polar surface area (TPSA) is 92.4 Å². The SMILES string of the molecule is CC(C)(CC(=O)O)NC(=O)c1ccc(N)c(F)c1. The fraction of sp³-hybridized carbons (Fsp3) is 0.333. The fourth-order valence-corrected chi connectivity index (χ4v) is 1.47. The van der Waals surface area contributed by atoms with Crippen LogP contribution in [0.5, 0.6) is 0 Å². The van der Waals surface area contributed by atoms with E-state index in [0.717, 1.165) is 6.07 Å². The van der Waals surface area contributed by atoms with Crippen LogP contribution in [0, 0.1) is 5.82 Å². The lowest BCUT2D eigenvalue weighted by molar-refractivity contribution is -0.138. The summed E-state index contributed by atoms with van der Waals surface area (Å²) in [5.74, 6) is -2.25. The average Bonchev–Trinajstić information content (AvgIpc) is 2.19. The Morgan fingerprint density at radius 1 is 1.44 bits per heavy atom. The van der Waals surface area contributed by atoms with Crippen molar-refractivity contribution in [1.82, 2.24) is 5.32 Å². The smallest absolute Gasteiger partial charge is 0.305 e. The van der Waals surface area contributed by atoms with E-state index in [1.165, 1.54) is 12.1 Å². The molecule has 5 nitrogen and oxygen atoms in total. The molecule has 0 aliphatic heterocycles. The summed E-state index contributed by atoms with van der Waals surface area (Å²) in [6, 6.07) is 3.68. The van der Waals surface area contributed by atoms with Gasteiger partial charge >= 0.3 is 5.97 Å². The molecule has 0 spiro atoms. The fourth-order valence-electron chi connectivity index (χ4n) is 1.47. The number of carbonyl (C=O) groups is 2. The Labute approximate surface area is 104 Å². The van der Waals surface area contributed by atoms with E-state index in [-0.39, 0.29) is 17.7 Å². The third-order valence-corrected chi connectivity index (χ3v) is 2.31. The van der Waals surface area contributed by atoms with E-state index >= 15 is 0 Å². The monoisotopic (exact) mass is 254 g/mol. The van der Waals surface area contributed by atoms with Crippen molar-refractivity contribution in [3.8, 4) is 0 Å². The Bertz CT molecular complexity index is 486. The van der Waals surface area contributed by atoms with Crippen molar-refractivity contribution in [1.29, 1.82) is 0 Å². The van der Waals surface area contributed by atoms with Crippen LogP contribution in [0.4, 0.5) is 10.1 Å². The van der Waals surface area contributed by atoms with Crippen molar-refractivity contribution in [2.24, 2.45) is 0 Å². The summed E-state index contributed by atoms with van der Waals surface area (Å²) in [7, 11) is 0. The maximum Gasteiger partial charge on any atom is 0.305 e. The van der Waals surface area contributed by atoms with Crippen LogP contribution in [0.2, 0.25) is 0 Å². The van der Waals surface area contributed by atoms with Crippen molar-refractivity contribution in [3.05, 3.63) is 29.6 Å². The molecule has 0 saturated carbocycles. The van der Waals surface area contributed by atoms with Gasteiger partial charge in [-0.15, -0.1) is 0 Å². The second kappa shape index (κ2) is 5.03. The van der Waals surface area contributed by atoms with Crippen LogP contribution in [-0.4, -0.2) is 22.5 Å². The largest absolute Gasteiger partial charge is 0.481 e. The third-order valence-electron chi connectivity index (χ3n) is 2.31. The van der Waals surface area contributed by atoms with Crippen LogP contribution >= 0.6 is 0 Å². The number of halogens is 1. The van der Waals surface area contributed by atoms with Gasteiger partial charge in [0.2, 0.25) is 0 Å². The van der Waals surface area contributed by atoms with Crippen molar-refractivity contribution < 1.29 is 19.1 Å². The molecule has 1 rings (SSSR count). The van der Waals surface area contributed by atoms with Crippen molar-refractivity contribution in [2.75, 3.05) is 5.73 Å². The zero-order valence-electron chi connectivity index (χ0n) is 10.2. The maximum absolute atomic E-state index is 13.2. The molecule has 0 atom stereocenters. The zero-order chi connectivity index (χ0) is 13.9. The van der Waals surface area contributed by atoms with Gasteiger partial charge in [-0.25, -0.2) is 4.39 Å². The molecule has 0 heterocycles. The summed E-state index contributed by atoms with van der Waals surface area (Å²) >= 11 is 0. The Balaban J connectivity index is 2.82. The van der Waals surface area contributed by atoms with Gasteiger partial charge in [0.15, 0.2) is 0 Å². The average molecular weight is 254 g/mol. The minimum Gasteiger partial charge on any atom is -0.481 e. The van der Waals surface area contributed by atoms with Crippen LogP contribution in [-0.2, 0) is 4.79 Å². The highest BCUT2D eigenvalue weighted by Gasteiger charge is 2.24. The first-order valence-electron chi connectivity index (χ1n) is 5.30. The molecule has 0 unspecified atom stereocenters. The standard InChI is InChI=1S/C12H15FN2O3/c1-12(2,6-10(16)17)15-11(18)7-3-4-9(14)8(13)5-7/h3-5H,6,14H2,1-2H3,(H,15,18)(H,16,17). The van der Waals surface area contributed by atoms with Crippen molar-refractivity contribution >= 4 is 17.6 Å². The summed E-state index contributed by atoms with van der Waals surface area (Å²) in [6.45, 7) is 3.15. The number of amides is 1. The lowest BCUT2D eigenvalue weighted by Gasteiger charge is -2.24. The molecule has 98 valence electrons. The van der Waals surface area contributed by atoms with E-state index in [4.69, 9.17) is 10.8 Å². The number of carbonyl (C=O) groups excluding carboxylic acids is 1. The van der Waals surface area contributed by atoms with Crippen LogP contribution in [0.25, 0.3) is 0 Å². The van der Waals surface area contributed by atoms with Crippen molar-refractivity contribution in [3.63, 3.8) is 0 Å². The molecule has 0 saturated heterocycles. The van der Waals surface area contributed by atoms with Gasteiger partial charge in [-0.1, -0.05) is 0 Å². The number of nitrogens with one attached hydrogen (secondary N) is 1. The van der Waals surface area contributed by atoms with E-state index in [1.807, 2.05) is 0 Å². The number of hydrogen-bond donors (Lipinski definition) is 3. The predicted octanol–water partition coefficient (Wildman–Crippen LogP) is 1.39.